The molecule has 0 rings (SSSR count). The lowest BCUT2D eigenvalue weighted by Crippen LogP contribution is -2.29. The van der Waals surface area contributed by atoms with E-state index in [0.717, 1.165) is 116 Å². The summed E-state index contributed by atoms with van der Waals surface area (Å²) in [7, 11) is -4.40. The van der Waals surface area contributed by atoms with Crippen LogP contribution in [0.1, 0.15) is 200 Å². The van der Waals surface area contributed by atoms with Crippen molar-refractivity contribution in [3.05, 3.63) is 97.2 Å². The molecule has 0 heterocycles. The maximum atomic E-state index is 12.7. The first kappa shape index (κ1) is 60.9. The summed E-state index contributed by atoms with van der Waals surface area (Å²) >= 11 is 0. The number of ether oxygens (including phenoxy) is 2. The Hall–Kier alpha value is -3.07. The zero-order valence-corrected chi connectivity index (χ0v) is 41.4. The van der Waals surface area contributed by atoms with Crippen LogP contribution in [0.3, 0.4) is 0 Å². The molecule has 0 aliphatic rings. The largest absolute Gasteiger partial charge is 0.472 e. The third kappa shape index (κ3) is 48.4. The number of rotatable bonds is 46. The van der Waals surface area contributed by atoms with Gasteiger partial charge in [-0.05, 0) is 96.3 Å². The predicted molar refractivity (Wildman–Crippen MR) is 270 cm³/mol. The van der Waals surface area contributed by atoms with Crippen LogP contribution in [0.15, 0.2) is 97.2 Å². The summed E-state index contributed by atoms with van der Waals surface area (Å²) in [4.78, 5) is 35.0. The summed E-state index contributed by atoms with van der Waals surface area (Å²) in [6.07, 6.45) is 64.3. The highest BCUT2D eigenvalue weighted by Gasteiger charge is 2.26. The number of hydrogen-bond acceptors (Lipinski definition) is 8. The molecular weight excluding hydrogens is 822 g/mol. The molecule has 0 saturated carbocycles. The van der Waals surface area contributed by atoms with Crippen LogP contribution < -0.4 is 5.73 Å². The SMILES string of the molecule is CC/C=C\C/C=C\C/C=C\C/C=C\C/C=C\C/C=C\CCCCCCCCC(=O)OC(COC(=O)CCCCCCCCC/C=C\C/C=C\CCCCCC)COP(=O)(O)OCCN. The van der Waals surface area contributed by atoms with E-state index in [4.69, 9.17) is 24.3 Å². The minimum absolute atomic E-state index is 0.0443. The molecule has 0 aromatic heterocycles. The minimum Gasteiger partial charge on any atom is -0.462 e. The van der Waals surface area contributed by atoms with E-state index >= 15 is 0 Å². The zero-order valence-electron chi connectivity index (χ0n) is 40.5. The number of esters is 2. The van der Waals surface area contributed by atoms with Gasteiger partial charge in [-0.25, -0.2) is 4.57 Å². The zero-order chi connectivity index (χ0) is 46.7. The number of nitrogens with two attached hydrogens (primary N) is 1. The Morgan fingerprint density at radius 3 is 1.28 bits per heavy atom. The fraction of sp³-hybridized carbons (Fsp3) is 0.667. The van der Waals surface area contributed by atoms with Crippen molar-refractivity contribution in [2.45, 2.75) is 206 Å². The maximum Gasteiger partial charge on any atom is 0.472 e. The van der Waals surface area contributed by atoms with Crippen LogP contribution in [0.25, 0.3) is 0 Å². The van der Waals surface area contributed by atoms with Crippen LogP contribution in [0, 0.1) is 0 Å². The first-order valence-corrected chi connectivity index (χ1v) is 26.7. The first-order chi connectivity index (χ1) is 31.3. The minimum atomic E-state index is -4.40. The molecule has 10 heteroatoms. The van der Waals surface area contributed by atoms with Gasteiger partial charge in [0.05, 0.1) is 13.2 Å². The fourth-order valence-corrected chi connectivity index (χ4v) is 7.26. The molecular formula is C54H92NO8P. The van der Waals surface area contributed by atoms with E-state index < -0.39 is 32.5 Å². The highest BCUT2D eigenvalue weighted by molar-refractivity contribution is 7.47. The van der Waals surface area contributed by atoms with Crippen molar-refractivity contribution < 1.29 is 37.6 Å². The Morgan fingerprint density at radius 1 is 0.484 bits per heavy atom. The molecule has 0 saturated heterocycles. The second-order valence-corrected chi connectivity index (χ2v) is 17.8. The number of phosphoric ester groups is 1. The van der Waals surface area contributed by atoms with E-state index in [1.165, 1.54) is 51.4 Å². The van der Waals surface area contributed by atoms with Gasteiger partial charge in [-0.3, -0.25) is 18.6 Å². The van der Waals surface area contributed by atoms with E-state index in [9.17, 15) is 19.0 Å². The molecule has 0 bridgehead atoms. The Labute approximate surface area is 391 Å². The summed E-state index contributed by atoms with van der Waals surface area (Å²) in [6, 6.07) is 0. The predicted octanol–water partition coefficient (Wildman–Crippen LogP) is 15.3. The Bertz CT molecular complexity index is 1360. The van der Waals surface area contributed by atoms with Crippen LogP contribution in [-0.4, -0.2) is 49.3 Å². The van der Waals surface area contributed by atoms with Crippen molar-refractivity contribution >= 4 is 19.8 Å². The Balaban J connectivity index is 4.14. The Morgan fingerprint density at radius 2 is 0.859 bits per heavy atom. The Kier molecular flexibility index (Phi) is 47.0. The monoisotopic (exact) mass is 914 g/mol. The molecule has 2 unspecified atom stereocenters. The molecule has 0 amide bonds. The molecule has 366 valence electrons. The van der Waals surface area contributed by atoms with Gasteiger partial charge in [0.2, 0.25) is 0 Å². The molecule has 2 atom stereocenters. The normalized spacial score (nSPS) is 14.0. The second-order valence-electron chi connectivity index (χ2n) is 16.3. The summed E-state index contributed by atoms with van der Waals surface area (Å²) in [5.41, 5.74) is 5.36. The fourth-order valence-electron chi connectivity index (χ4n) is 6.49. The van der Waals surface area contributed by atoms with Crippen molar-refractivity contribution in [2.75, 3.05) is 26.4 Å². The lowest BCUT2D eigenvalue weighted by Gasteiger charge is -2.19. The summed E-state index contributed by atoms with van der Waals surface area (Å²) < 4.78 is 32.9. The maximum absolute atomic E-state index is 12.7. The molecule has 3 N–H and O–H groups in total. The van der Waals surface area contributed by atoms with E-state index in [1.54, 1.807) is 0 Å². The van der Waals surface area contributed by atoms with Gasteiger partial charge in [0.15, 0.2) is 6.10 Å². The number of allylic oxidation sites excluding steroid dienone is 16. The number of carbonyl (C=O) groups excluding carboxylic acids is 2. The smallest absolute Gasteiger partial charge is 0.462 e. The third-order valence-corrected chi connectivity index (χ3v) is 11.2. The highest BCUT2D eigenvalue weighted by atomic mass is 31.2. The van der Waals surface area contributed by atoms with Gasteiger partial charge in [-0.15, -0.1) is 0 Å². The van der Waals surface area contributed by atoms with Crippen molar-refractivity contribution in [2.24, 2.45) is 5.73 Å². The number of unbranched alkanes of at least 4 members (excludes halogenated alkanes) is 17. The van der Waals surface area contributed by atoms with Crippen molar-refractivity contribution in [3.63, 3.8) is 0 Å². The van der Waals surface area contributed by atoms with E-state index in [2.05, 4.69) is 111 Å². The van der Waals surface area contributed by atoms with Gasteiger partial charge < -0.3 is 20.1 Å². The second kappa shape index (κ2) is 49.4. The third-order valence-electron chi connectivity index (χ3n) is 10.2. The van der Waals surface area contributed by atoms with Crippen molar-refractivity contribution in [3.8, 4) is 0 Å². The summed E-state index contributed by atoms with van der Waals surface area (Å²) in [6.45, 7) is 3.57. The van der Waals surface area contributed by atoms with Crippen molar-refractivity contribution in [1.29, 1.82) is 0 Å². The average molecular weight is 914 g/mol. The summed E-state index contributed by atoms with van der Waals surface area (Å²) in [5, 5.41) is 0. The number of carbonyl (C=O) groups is 2. The standard InChI is InChI=1S/C54H92NO8P/c1-3-5-7-9-11-13-15-17-19-21-23-24-25-26-27-28-29-31-33-35-37-39-41-43-45-47-54(57)63-52(51-62-64(58,59)61-49-48-55)50-60-53(56)46-44-42-40-38-36-34-32-30-22-20-18-16-14-12-10-8-6-4-2/h5,7,11,13-14,16-17,19-20,22-24,26-27,29,31,52H,3-4,6,8-10,12,15,18,21,25,28,30,32-51,55H2,1-2H3,(H,58,59)/b7-5-,13-11-,16-14-,19-17-,22-20-,24-23-,27-26-,31-29-. The van der Waals surface area contributed by atoms with Gasteiger partial charge >= 0.3 is 19.8 Å². The summed E-state index contributed by atoms with van der Waals surface area (Å²) in [5.74, 6) is -0.860. The van der Waals surface area contributed by atoms with Crippen LogP contribution >= 0.6 is 7.82 Å². The molecule has 0 radical (unpaired) electrons. The molecule has 9 nitrogen and oxygen atoms in total. The van der Waals surface area contributed by atoms with Gasteiger partial charge in [0.1, 0.15) is 6.61 Å². The number of hydrogen-bond donors (Lipinski definition) is 2. The van der Waals surface area contributed by atoms with Crippen LogP contribution in [0.2, 0.25) is 0 Å². The molecule has 64 heavy (non-hydrogen) atoms. The lowest BCUT2D eigenvalue weighted by atomic mass is 10.1. The van der Waals surface area contributed by atoms with Gasteiger partial charge in [-0.2, -0.15) is 0 Å². The van der Waals surface area contributed by atoms with Gasteiger partial charge in [-0.1, -0.05) is 188 Å². The molecule has 0 spiro atoms. The van der Waals surface area contributed by atoms with E-state index in [1.807, 2.05) is 0 Å². The quantitative estimate of drug-likeness (QED) is 0.0265. The number of phosphoric acid groups is 1. The molecule has 0 fully saturated rings. The van der Waals surface area contributed by atoms with Gasteiger partial charge in [0, 0.05) is 19.4 Å². The van der Waals surface area contributed by atoms with Gasteiger partial charge in [0.25, 0.3) is 0 Å². The average Bonchev–Trinajstić information content (AvgIpc) is 3.28. The molecule has 0 aromatic rings. The molecule has 0 aliphatic carbocycles. The van der Waals surface area contributed by atoms with E-state index in [0.29, 0.717) is 6.42 Å². The van der Waals surface area contributed by atoms with Crippen LogP contribution in [0.5, 0.6) is 0 Å². The van der Waals surface area contributed by atoms with Crippen LogP contribution in [0.4, 0.5) is 0 Å². The molecule has 0 aromatic carbocycles. The first-order valence-electron chi connectivity index (χ1n) is 25.2. The highest BCUT2D eigenvalue weighted by Crippen LogP contribution is 2.43. The van der Waals surface area contributed by atoms with E-state index in [-0.39, 0.29) is 32.6 Å². The van der Waals surface area contributed by atoms with Crippen LogP contribution in [-0.2, 0) is 32.7 Å². The lowest BCUT2D eigenvalue weighted by molar-refractivity contribution is -0.161. The molecule has 0 aliphatic heterocycles. The van der Waals surface area contributed by atoms with Crippen molar-refractivity contribution in [1.82, 2.24) is 0 Å². The topological polar surface area (TPSA) is 134 Å².